The van der Waals surface area contributed by atoms with Crippen LogP contribution in [0.2, 0.25) is 0 Å². The molecule has 1 aromatic carbocycles. The van der Waals surface area contributed by atoms with Gasteiger partial charge in [-0.15, -0.1) is 0 Å². The monoisotopic (exact) mass is 429 g/mol. The Balaban J connectivity index is 1.56. The van der Waals surface area contributed by atoms with Gasteiger partial charge in [-0.05, 0) is 23.8 Å². The molecule has 3 aromatic rings. The Morgan fingerprint density at radius 2 is 1.84 bits per heavy atom. The number of alkyl halides is 2. The molecule has 0 atom stereocenters. The smallest absolute Gasteiger partial charge is 0.250 e. The molecular formula is C22H22F3N5O. The number of aromatic nitrogens is 3. The predicted molar refractivity (Wildman–Crippen MR) is 111 cm³/mol. The Hall–Kier alpha value is -3.20. The van der Waals surface area contributed by atoms with E-state index in [9.17, 15) is 18.0 Å². The van der Waals surface area contributed by atoms with Crippen LogP contribution < -0.4 is 5.32 Å². The van der Waals surface area contributed by atoms with E-state index in [1.54, 1.807) is 22.9 Å². The van der Waals surface area contributed by atoms with E-state index >= 15 is 0 Å². The highest BCUT2D eigenvalue weighted by Gasteiger charge is 2.33. The fraction of sp³-hybridized carbons (Fsp3) is 0.318. The zero-order valence-corrected chi connectivity index (χ0v) is 16.8. The molecule has 0 unspecified atom stereocenters. The molecule has 0 radical (unpaired) electrons. The van der Waals surface area contributed by atoms with Crippen LogP contribution in [0.1, 0.15) is 23.2 Å². The zero-order chi connectivity index (χ0) is 21.8. The molecule has 31 heavy (non-hydrogen) atoms. The van der Waals surface area contributed by atoms with Crippen LogP contribution >= 0.6 is 0 Å². The number of carbonyl (C=O) groups is 1. The third-order valence-corrected chi connectivity index (χ3v) is 5.38. The Bertz CT molecular complexity index is 1040. The zero-order valence-electron chi connectivity index (χ0n) is 16.8. The first-order valence-corrected chi connectivity index (χ1v) is 10.0. The van der Waals surface area contributed by atoms with Crippen LogP contribution in [0.3, 0.4) is 0 Å². The van der Waals surface area contributed by atoms with Gasteiger partial charge in [0, 0.05) is 56.0 Å². The number of halogens is 3. The second-order valence-corrected chi connectivity index (χ2v) is 7.56. The van der Waals surface area contributed by atoms with E-state index in [-0.39, 0.29) is 18.7 Å². The maximum Gasteiger partial charge on any atom is 0.250 e. The highest BCUT2D eigenvalue weighted by molar-refractivity contribution is 5.87. The summed E-state index contributed by atoms with van der Waals surface area (Å²) in [5.74, 6) is -2.43. The van der Waals surface area contributed by atoms with Crippen LogP contribution in [-0.2, 0) is 6.54 Å². The van der Waals surface area contributed by atoms with Gasteiger partial charge < -0.3 is 10.2 Å². The van der Waals surface area contributed by atoms with Crippen molar-refractivity contribution in [1.29, 1.82) is 0 Å². The molecule has 1 N–H and O–H groups in total. The molecular weight excluding hydrogens is 407 g/mol. The van der Waals surface area contributed by atoms with Crippen LogP contribution in [0.5, 0.6) is 0 Å². The minimum Gasteiger partial charge on any atom is -0.336 e. The maximum absolute atomic E-state index is 13.4. The second-order valence-electron chi connectivity index (χ2n) is 7.56. The van der Waals surface area contributed by atoms with Gasteiger partial charge in [0.25, 0.3) is 5.92 Å². The van der Waals surface area contributed by atoms with Crippen molar-refractivity contribution in [3.8, 4) is 11.1 Å². The lowest BCUT2D eigenvalue weighted by molar-refractivity contribution is -0.0555. The number of carbonyl (C=O) groups excluding carboxylic acids is 1. The normalized spacial score (nSPS) is 16.2. The number of nitrogens with one attached hydrogen (secondary N) is 1. The molecule has 1 fully saturated rings. The first-order valence-electron chi connectivity index (χ1n) is 10.0. The van der Waals surface area contributed by atoms with E-state index < -0.39 is 5.92 Å². The van der Waals surface area contributed by atoms with E-state index in [1.165, 1.54) is 24.5 Å². The topological polar surface area (TPSA) is 63.1 Å². The molecule has 4 rings (SSSR count). The summed E-state index contributed by atoms with van der Waals surface area (Å²) in [7, 11) is 0. The fourth-order valence-electron chi connectivity index (χ4n) is 3.56. The molecule has 6 nitrogen and oxygen atoms in total. The number of hydrogen-bond acceptors (Lipinski definition) is 5. The van der Waals surface area contributed by atoms with Gasteiger partial charge in [-0.2, -0.15) is 5.10 Å². The highest BCUT2D eigenvalue weighted by Crippen LogP contribution is 2.31. The molecule has 2 aromatic heterocycles. The van der Waals surface area contributed by atoms with Gasteiger partial charge in [0.2, 0.25) is 0 Å². The summed E-state index contributed by atoms with van der Waals surface area (Å²) in [4.78, 5) is 17.4. The number of anilines is 2. The number of hydrogen-bond donors (Lipinski definition) is 1. The van der Waals surface area contributed by atoms with Crippen molar-refractivity contribution in [3.05, 3.63) is 60.3 Å². The average molecular weight is 429 g/mol. The number of piperidine rings is 1. The molecule has 0 bridgehead atoms. The van der Waals surface area contributed by atoms with Gasteiger partial charge in [-0.25, -0.2) is 13.2 Å². The lowest BCUT2D eigenvalue weighted by atomic mass is 10.1. The molecule has 3 heterocycles. The van der Waals surface area contributed by atoms with Crippen molar-refractivity contribution in [2.45, 2.75) is 25.3 Å². The minimum absolute atomic E-state index is 0.130. The van der Waals surface area contributed by atoms with Crippen LogP contribution in [0, 0.1) is 5.82 Å². The molecule has 0 aliphatic carbocycles. The Kier molecular flexibility index (Phi) is 6.03. The number of likely N-dealkylation sites (tertiary alicyclic amines) is 1. The molecule has 1 aliphatic rings. The summed E-state index contributed by atoms with van der Waals surface area (Å²) >= 11 is 0. The van der Waals surface area contributed by atoms with Crippen LogP contribution in [0.25, 0.3) is 11.1 Å². The van der Waals surface area contributed by atoms with Gasteiger partial charge in [0.05, 0.1) is 18.4 Å². The molecule has 0 amide bonds. The first kappa shape index (κ1) is 21.0. The quantitative estimate of drug-likeness (QED) is 0.565. The fourth-order valence-corrected chi connectivity index (χ4v) is 3.56. The number of rotatable bonds is 7. The van der Waals surface area contributed by atoms with Gasteiger partial charge >= 0.3 is 0 Å². The first-order chi connectivity index (χ1) is 14.9. The van der Waals surface area contributed by atoms with Crippen LogP contribution in [0.15, 0.2) is 48.9 Å². The number of pyridine rings is 1. The number of benzene rings is 1. The Labute approximate surface area is 177 Å². The third kappa shape index (κ3) is 5.11. The van der Waals surface area contributed by atoms with E-state index in [0.29, 0.717) is 43.2 Å². The molecule has 1 aliphatic heterocycles. The summed E-state index contributed by atoms with van der Waals surface area (Å²) in [5.41, 5.74) is 2.42. The van der Waals surface area contributed by atoms with Gasteiger partial charge in [0.15, 0.2) is 12.1 Å². The van der Waals surface area contributed by atoms with E-state index in [4.69, 9.17) is 0 Å². The van der Waals surface area contributed by atoms with Crippen molar-refractivity contribution in [1.82, 2.24) is 19.7 Å². The molecule has 0 spiro atoms. The summed E-state index contributed by atoms with van der Waals surface area (Å²) < 4.78 is 41.9. The van der Waals surface area contributed by atoms with Crippen LogP contribution in [-0.4, -0.2) is 51.5 Å². The average Bonchev–Trinajstić information content (AvgIpc) is 3.16. The van der Waals surface area contributed by atoms with Crippen molar-refractivity contribution in [2.75, 3.05) is 25.0 Å². The summed E-state index contributed by atoms with van der Waals surface area (Å²) in [6.45, 7) is 1.80. The van der Waals surface area contributed by atoms with Crippen molar-refractivity contribution < 1.29 is 18.0 Å². The van der Waals surface area contributed by atoms with Crippen molar-refractivity contribution in [2.24, 2.45) is 0 Å². The second kappa shape index (κ2) is 8.89. The predicted octanol–water partition coefficient (Wildman–Crippen LogP) is 4.37. The largest absolute Gasteiger partial charge is 0.336 e. The Morgan fingerprint density at radius 1 is 1.10 bits per heavy atom. The third-order valence-electron chi connectivity index (χ3n) is 5.38. The lowest BCUT2D eigenvalue weighted by Gasteiger charge is -2.31. The molecule has 9 heteroatoms. The maximum atomic E-state index is 13.4. The minimum atomic E-state index is -2.57. The number of aldehydes is 1. The molecule has 162 valence electrons. The van der Waals surface area contributed by atoms with Crippen molar-refractivity contribution >= 4 is 17.8 Å². The van der Waals surface area contributed by atoms with E-state index in [1.807, 2.05) is 11.1 Å². The van der Waals surface area contributed by atoms with Gasteiger partial charge in [0.1, 0.15) is 5.82 Å². The van der Waals surface area contributed by atoms with E-state index in [2.05, 4.69) is 15.4 Å². The van der Waals surface area contributed by atoms with E-state index in [0.717, 1.165) is 17.4 Å². The summed E-state index contributed by atoms with van der Waals surface area (Å²) in [6, 6.07) is 7.63. The van der Waals surface area contributed by atoms with Crippen LogP contribution in [0.4, 0.5) is 24.7 Å². The lowest BCUT2D eigenvalue weighted by Crippen LogP contribution is -2.40. The van der Waals surface area contributed by atoms with Crippen molar-refractivity contribution in [3.63, 3.8) is 0 Å². The van der Waals surface area contributed by atoms with Gasteiger partial charge in [-0.3, -0.25) is 14.5 Å². The SMILES string of the molecule is O=Cc1ccncc1Nc1nn(CCN2CCC(F)(F)CC2)cc1-c1ccc(F)cc1. The Morgan fingerprint density at radius 3 is 2.55 bits per heavy atom. The van der Waals surface area contributed by atoms with Gasteiger partial charge in [-0.1, -0.05) is 12.1 Å². The molecule has 0 saturated carbocycles. The standard InChI is InChI=1S/C22H22F3N5O/c23-18-3-1-16(2-4-18)19-14-30(12-11-29-9-6-22(24,25)7-10-29)28-21(19)27-20-13-26-8-5-17(20)15-31/h1-5,8,13-15H,6-7,9-12H2,(H,27,28). The summed E-state index contributed by atoms with van der Waals surface area (Å²) in [5, 5.41) is 7.73. The molecule has 1 saturated heterocycles. The highest BCUT2D eigenvalue weighted by atomic mass is 19.3. The summed E-state index contributed by atoms with van der Waals surface area (Å²) in [6.07, 6.45) is 5.35. The number of nitrogens with zero attached hydrogens (tertiary/aromatic N) is 4.